The van der Waals surface area contributed by atoms with Crippen LogP contribution in [0.3, 0.4) is 0 Å². The van der Waals surface area contributed by atoms with Crippen LogP contribution in [-0.4, -0.2) is 48.8 Å². The molecular formula is C9H10O4. The summed E-state index contributed by atoms with van der Waals surface area (Å²) in [4.78, 5) is 0. The van der Waals surface area contributed by atoms with Gasteiger partial charge in [0.25, 0.3) is 0 Å². The largest absolute Gasteiger partial charge is 0.367 e. The summed E-state index contributed by atoms with van der Waals surface area (Å²) in [6.07, 6.45) is 3.55. The third-order valence-electron chi connectivity index (χ3n) is 3.88. The Bertz CT molecular complexity index is 267. The molecule has 5 aliphatic rings. The predicted octanol–water partition coefficient (Wildman–Crippen LogP) is -0.540. The van der Waals surface area contributed by atoms with Crippen molar-refractivity contribution in [3.8, 4) is 0 Å². The molecule has 0 amide bonds. The molecular weight excluding hydrogens is 172 g/mol. The van der Waals surface area contributed by atoms with Crippen molar-refractivity contribution in [1.29, 1.82) is 0 Å². The number of fused-ring (bicyclic) bond motifs is 9. The van der Waals surface area contributed by atoms with Gasteiger partial charge in [-0.1, -0.05) is 0 Å². The summed E-state index contributed by atoms with van der Waals surface area (Å²) in [5, 5.41) is 0. The van der Waals surface area contributed by atoms with E-state index < -0.39 is 0 Å². The van der Waals surface area contributed by atoms with Crippen LogP contribution < -0.4 is 0 Å². The Labute approximate surface area is 75.1 Å². The van der Waals surface area contributed by atoms with Crippen LogP contribution in [0.25, 0.3) is 0 Å². The molecule has 0 N–H and O–H groups in total. The standard InChI is InChI=1S/C9H10O4/c1-2-4(10-2)6-8-9(13-8)7(12-6)5-3(1)11-5/h2-9H,1H2. The van der Waals surface area contributed by atoms with E-state index in [9.17, 15) is 0 Å². The van der Waals surface area contributed by atoms with Crippen molar-refractivity contribution in [3.63, 3.8) is 0 Å². The summed E-state index contributed by atoms with van der Waals surface area (Å²) >= 11 is 0. The Morgan fingerprint density at radius 3 is 1.54 bits per heavy atom. The Balaban J connectivity index is 1.59. The number of ether oxygens (including phenoxy) is 4. The van der Waals surface area contributed by atoms with E-state index in [-0.39, 0.29) is 12.2 Å². The van der Waals surface area contributed by atoms with E-state index in [2.05, 4.69) is 0 Å². The topological polar surface area (TPSA) is 46.8 Å². The summed E-state index contributed by atoms with van der Waals surface area (Å²) in [5.41, 5.74) is 0. The number of rotatable bonds is 0. The van der Waals surface area contributed by atoms with Crippen LogP contribution in [0.5, 0.6) is 0 Å². The van der Waals surface area contributed by atoms with E-state index in [0.29, 0.717) is 36.6 Å². The minimum Gasteiger partial charge on any atom is -0.367 e. The minimum atomic E-state index is 0.213. The normalized spacial score (nSPS) is 75.7. The summed E-state index contributed by atoms with van der Waals surface area (Å²) in [7, 11) is 0. The molecule has 0 radical (unpaired) electrons. The van der Waals surface area contributed by atoms with Gasteiger partial charge in [0.2, 0.25) is 0 Å². The van der Waals surface area contributed by atoms with Crippen LogP contribution in [0.15, 0.2) is 0 Å². The van der Waals surface area contributed by atoms with Crippen LogP contribution in [0.1, 0.15) is 6.42 Å². The summed E-state index contributed by atoms with van der Waals surface area (Å²) in [6.45, 7) is 0. The molecule has 0 saturated carbocycles. The van der Waals surface area contributed by atoms with E-state index in [4.69, 9.17) is 18.9 Å². The zero-order valence-electron chi connectivity index (χ0n) is 6.96. The third kappa shape index (κ3) is 0.655. The fraction of sp³-hybridized carbons (Fsp3) is 1.00. The molecule has 70 valence electrons. The third-order valence-corrected chi connectivity index (χ3v) is 3.88. The molecule has 2 bridgehead atoms. The van der Waals surface area contributed by atoms with E-state index >= 15 is 0 Å². The zero-order chi connectivity index (χ0) is 8.15. The first kappa shape index (κ1) is 6.35. The Morgan fingerprint density at radius 2 is 1.00 bits per heavy atom. The van der Waals surface area contributed by atoms with Crippen molar-refractivity contribution in [2.24, 2.45) is 0 Å². The highest BCUT2D eigenvalue weighted by Gasteiger charge is 2.72. The maximum Gasteiger partial charge on any atom is 0.116 e. The minimum absolute atomic E-state index is 0.213. The monoisotopic (exact) mass is 182 g/mol. The van der Waals surface area contributed by atoms with Crippen molar-refractivity contribution in [1.82, 2.24) is 0 Å². The molecule has 0 spiro atoms. The quantitative estimate of drug-likeness (QED) is 0.472. The molecule has 8 atom stereocenters. The number of epoxide rings is 3. The molecule has 8 unspecified atom stereocenters. The Kier molecular flexibility index (Phi) is 0.817. The second-order valence-electron chi connectivity index (χ2n) is 4.64. The summed E-state index contributed by atoms with van der Waals surface area (Å²) < 4.78 is 22.6. The van der Waals surface area contributed by atoms with E-state index in [1.54, 1.807) is 0 Å². The molecule has 0 aromatic rings. The molecule has 4 nitrogen and oxygen atoms in total. The van der Waals surface area contributed by atoms with E-state index in [1.165, 1.54) is 0 Å². The zero-order valence-corrected chi connectivity index (χ0v) is 6.96. The van der Waals surface area contributed by atoms with Crippen molar-refractivity contribution in [2.75, 3.05) is 0 Å². The Hall–Kier alpha value is -0.160. The lowest BCUT2D eigenvalue weighted by molar-refractivity contribution is -0.0509. The predicted molar refractivity (Wildman–Crippen MR) is 39.3 cm³/mol. The van der Waals surface area contributed by atoms with Crippen molar-refractivity contribution < 1.29 is 18.9 Å². The van der Waals surface area contributed by atoms with Crippen LogP contribution in [0.4, 0.5) is 0 Å². The fourth-order valence-electron chi connectivity index (χ4n) is 3.03. The fourth-order valence-corrected chi connectivity index (χ4v) is 3.03. The first-order chi connectivity index (χ1) is 6.42. The average molecular weight is 182 g/mol. The first-order valence-electron chi connectivity index (χ1n) is 5.04. The lowest BCUT2D eigenvalue weighted by Crippen LogP contribution is -2.31. The van der Waals surface area contributed by atoms with Gasteiger partial charge in [-0.3, -0.25) is 0 Å². The summed E-state index contributed by atoms with van der Waals surface area (Å²) in [5.74, 6) is 0. The average Bonchev–Trinajstić information content (AvgIpc) is 2.97. The van der Waals surface area contributed by atoms with Gasteiger partial charge < -0.3 is 18.9 Å². The SMILES string of the molecule is C1C2OC2C2OC(C3OC13)C1OC21. The second kappa shape index (κ2) is 1.67. The van der Waals surface area contributed by atoms with Gasteiger partial charge in [0.15, 0.2) is 0 Å². The Morgan fingerprint density at radius 1 is 0.538 bits per heavy atom. The van der Waals surface area contributed by atoms with Crippen LogP contribution in [0, 0.1) is 0 Å². The highest BCUT2D eigenvalue weighted by atomic mass is 16.7. The number of hydrogen-bond donors (Lipinski definition) is 0. The van der Waals surface area contributed by atoms with Gasteiger partial charge in [-0.05, 0) is 0 Å². The van der Waals surface area contributed by atoms with Crippen LogP contribution in [-0.2, 0) is 18.9 Å². The van der Waals surface area contributed by atoms with E-state index in [0.717, 1.165) is 6.42 Å². The molecule has 13 heavy (non-hydrogen) atoms. The maximum absolute atomic E-state index is 5.90. The highest BCUT2D eigenvalue weighted by molar-refractivity contribution is 5.18. The molecule has 5 rings (SSSR count). The van der Waals surface area contributed by atoms with Crippen molar-refractivity contribution in [3.05, 3.63) is 0 Å². The lowest BCUT2D eigenvalue weighted by atomic mass is 10.1. The highest BCUT2D eigenvalue weighted by Crippen LogP contribution is 2.54. The van der Waals surface area contributed by atoms with Gasteiger partial charge in [-0.15, -0.1) is 0 Å². The van der Waals surface area contributed by atoms with Gasteiger partial charge in [0.05, 0.1) is 12.2 Å². The molecule has 5 saturated heterocycles. The summed E-state index contributed by atoms with van der Waals surface area (Å²) in [6, 6.07) is 0. The van der Waals surface area contributed by atoms with Crippen LogP contribution >= 0.6 is 0 Å². The van der Waals surface area contributed by atoms with Crippen molar-refractivity contribution in [2.45, 2.75) is 55.3 Å². The molecule has 0 aromatic heterocycles. The molecule has 0 aromatic carbocycles. The molecule has 0 aliphatic carbocycles. The van der Waals surface area contributed by atoms with Gasteiger partial charge in [-0.25, -0.2) is 0 Å². The smallest absolute Gasteiger partial charge is 0.116 e. The number of hydrogen-bond acceptors (Lipinski definition) is 4. The molecule has 5 heterocycles. The maximum atomic E-state index is 5.90. The van der Waals surface area contributed by atoms with Gasteiger partial charge in [0.1, 0.15) is 36.6 Å². The lowest BCUT2D eigenvalue weighted by Gasteiger charge is -2.15. The van der Waals surface area contributed by atoms with Gasteiger partial charge in [0, 0.05) is 6.42 Å². The second-order valence-corrected chi connectivity index (χ2v) is 4.64. The molecule has 5 aliphatic heterocycles. The first-order valence-corrected chi connectivity index (χ1v) is 5.04. The van der Waals surface area contributed by atoms with Crippen molar-refractivity contribution >= 4 is 0 Å². The van der Waals surface area contributed by atoms with Gasteiger partial charge >= 0.3 is 0 Å². The molecule has 5 fully saturated rings. The molecule has 4 heteroatoms. The van der Waals surface area contributed by atoms with Gasteiger partial charge in [-0.2, -0.15) is 0 Å². The van der Waals surface area contributed by atoms with Crippen LogP contribution in [0.2, 0.25) is 0 Å². The van der Waals surface area contributed by atoms with E-state index in [1.807, 2.05) is 0 Å².